The summed E-state index contributed by atoms with van der Waals surface area (Å²) in [5.74, 6) is 1.43. The molecular weight excluding hydrogens is 493 g/mol. The smallest absolute Gasteiger partial charge is 0.190 e. The Morgan fingerprint density at radius 3 is 2.70 bits per heavy atom. The van der Waals surface area contributed by atoms with Crippen LogP contribution in [-0.2, 0) is 20.6 Å². The van der Waals surface area contributed by atoms with Gasteiger partial charge in [-0.1, -0.05) is 24.3 Å². The van der Waals surface area contributed by atoms with Crippen molar-refractivity contribution in [3.8, 4) is 0 Å². The summed E-state index contributed by atoms with van der Waals surface area (Å²) in [6.07, 6.45) is 6.85. The lowest BCUT2D eigenvalue weighted by molar-refractivity contribution is 0.0398. The van der Waals surface area contributed by atoms with Crippen LogP contribution in [0, 0.1) is 5.92 Å². The minimum atomic E-state index is 0. The van der Waals surface area contributed by atoms with Gasteiger partial charge in [0, 0.05) is 45.9 Å². The van der Waals surface area contributed by atoms with Gasteiger partial charge in [-0.25, -0.2) is 0 Å². The molecule has 1 heterocycles. The third-order valence-electron chi connectivity index (χ3n) is 5.61. The average Bonchev–Trinajstić information content (AvgIpc) is 3.28. The van der Waals surface area contributed by atoms with Gasteiger partial charge in [0.15, 0.2) is 5.96 Å². The number of hydrogen-bond acceptors (Lipinski definition) is 4. The Balaban J connectivity index is 0.00000320. The van der Waals surface area contributed by atoms with Crippen LogP contribution in [-0.4, -0.2) is 59.1 Å². The Morgan fingerprint density at radius 2 is 1.93 bits per heavy atom. The van der Waals surface area contributed by atoms with Gasteiger partial charge in [-0.15, -0.1) is 24.0 Å². The molecule has 0 spiro atoms. The molecule has 1 aliphatic carbocycles. The number of fused-ring (bicyclic) bond motifs is 1. The number of ether oxygens (including phenoxy) is 3. The molecule has 3 rings (SSSR count). The van der Waals surface area contributed by atoms with E-state index in [-0.39, 0.29) is 30.1 Å². The second kappa shape index (κ2) is 15.0. The fraction of sp³-hybridized carbons (Fsp3) is 0.696. The minimum Gasteiger partial charge on any atom is -0.381 e. The largest absolute Gasteiger partial charge is 0.381 e. The van der Waals surface area contributed by atoms with Gasteiger partial charge in [-0.3, -0.25) is 4.99 Å². The number of guanidine groups is 1. The van der Waals surface area contributed by atoms with Crippen molar-refractivity contribution in [1.82, 2.24) is 10.6 Å². The highest BCUT2D eigenvalue weighted by Gasteiger charge is 2.19. The SMILES string of the molecule is CN=C(NCCCOCC1CCOC1)NCCCOC1CCCc2ccccc21.I. The van der Waals surface area contributed by atoms with Gasteiger partial charge >= 0.3 is 0 Å². The lowest BCUT2D eigenvalue weighted by Gasteiger charge is -2.25. The normalized spacial score (nSPS) is 21.0. The molecule has 30 heavy (non-hydrogen) atoms. The maximum absolute atomic E-state index is 6.17. The standard InChI is InChI=1S/C23H37N3O3.HI/c1-24-23(25-12-5-14-27-17-19-11-16-28-18-19)26-13-6-15-29-22-10-4-8-20-7-2-3-9-21(20)22;/h2-3,7,9,19,22H,4-6,8,10-18H2,1H3,(H2,24,25,26);1H. The van der Waals surface area contributed by atoms with Crippen molar-refractivity contribution in [2.24, 2.45) is 10.9 Å². The first kappa shape index (κ1) is 25.4. The van der Waals surface area contributed by atoms with Gasteiger partial charge in [0.2, 0.25) is 0 Å². The Labute approximate surface area is 198 Å². The second-order valence-corrected chi connectivity index (χ2v) is 7.89. The van der Waals surface area contributed by atoms with Crippen molar-refractivity contribution in [2.45, 2.75) is 44.6 Å². The van der Waals surface area contributed by atoms with E-state index in [1.165, 1.54) is 24.0 Å². The molecule has 2 aliphatic rings. The molecule has 6 nitrogen and oxygen atoms in total. The zero-order chi connectivity index (χ0) is 20.2. The molecule has 0 radical (unpaired) electrons. The summed E-state index contributed by atoms with van der Waals surface area (Å²) in [5.41, 5.74) is 2.83. The van der Waals surface area contributed by atoms with Crippen LogP contribution in [0.5, 0.6) is 0 Å². The predicted octanol–water partition coefficient (Wildman–Crippen LogP) is 3.70. The number of hydrogen-bond donors (Lipinski definition) is 2. The number of nitrogens with one attached hydrogen (secondary N) is 2. The van der Waals surface area contributed by atoms with Gasteiger partial charge in [-0.05, 0) is 49.7 Å². The molecular formula is C23H38IN3O3. The molecule has 1 aromatic rings. The Morgan fingerprint density at radius 1 is 1.13 bits per heavy atom. The average molecular weight is 531 g/mol. The van der Waals surface area contributed by atoms with E-state index >= 15 is 0 Å². The van der Waals surface area contributed by atoms with Crippen LogP contribution < -0.4 is 10.6 Å². The number of benzene rings is 1. The summed E-state index contributed by atoms with van der Waals surface area (Å²) in [6, 6.07) is 8.69. The Hall–Kier alpha value is -0.900. The third-order valence-corrected chi connectivity index (χ3v) is 5.61. The molecule has 0 saturated carbocycles. The third kappa shape index (κ3) is 8.69. The molecule has 1 aromatic carbocycles. The lowest BCUT2D eigenvalue weighted by atomic mass is 9.89. The molecule has 170 valence electrons. The monoisotopic (exact) mass is 531 g/mol. The summed E-state index contributed by atoms with van der Waals surface area (Å²) in [4.78, 5) is 4.28. The first-order valence-electron chi connectivity index (χ1n) is 11.2. The van der Waals surface area contributed by atoms with Crippen LogP contribution in [0.3, 0.4) is 0 Å². The van der Waals surface area contributed by atoms with Gasteiger partial charge in [0.25, 0.3) is 0 Å². The first-order chi connectivity index (χ1) is 14.4. The van der Waals surface area contributed by atoms with Gasteiger partial charge < -0.3 is 24.8 Å². The maximum Gasteiger partial charge on any atom is 0.190 e. The lowest BCUT2D eigenvalue weighted by Crippen LogP contribution is -2.38. The molecule has 0 aromatic heterocycles. The molecule has 1 aliphatic heterocycles. The van der Waals surface area contributed by atoms with Crippen molar-refractivity contribution in [3.63, 3.8) is 0 Å². The first-order valence-corrected chi connectivity index (χ1v) is 11.2. The van der Waals surface area contributed by atoms with E-state index in [4.69, 9.17) is 14.2 Å². The van der Waals surface area contributed by atoms with Crippen molar-refractivity contribution < 1.29 is 14.2 Å². The fourth-order valence-electron chi connectivity index (χ4n) is 3.95. The number of halogens is 1. The molecule has 2 unspecified atom stereocenters. The second-order valence-electron chi connectivity index (χ2n) is 7.89. The van der Waals surface area contributed by atoms with Crippen LogP contribution in [0.25, 0.3) is 0 Å². The predicted molar refractivity (Wildman–Crippen MR) is 132 cm³/mol. The highest BCUT2D eigenvalue weighted by Crippen LogP contribution is 2.32. The maximum atomic E-state index is 6.17. The fourth-order valence-corrected chi connectivity index (χ4v) is 3.95. The van der Waals surface area contributed by atoms with Crippen LogP contribution in [0.15, 0.2) is 29.3 Å². The van der Waals surface area contributed by atoms with Crippen molar-refractivity contribution in [2.75, 3.05) is 53.2 Å². The van der Waals surface area contributed by atoms with Crippen molar-refractivity contribution in [3.05, 3.63) is 35.4 Å². The molecule has 0 bridgehead atoms. The molecule has 2 atom stereocenters. The van der Waals surface area contributed by atoms with Crippen LogP contribution in [0.2, 0.25) is 0 Å². The number of aliphatic imine (C=N–C) groups is 1. The van der Waals surface area contributed by atoms with Crippen LogP contribution in [0.4, 0.5) is 0 Å². The highest BCUT2D eigenvalue weighted by atomic mass is 127. The van der Waals surface area contributed by atoms with E-state index in [9.17, 15) is 0 Å². The topological polar surface area (TPSA) is 64.1 Å². The summed E-state index contributed by atoms with van der Waals surface area (Å²) in [6.45, 7) is 5.81. The van der Waals surface area contributed by atoms with E-state index in [0.717, 1.165) is 77.8 Å². The zero-order valence-electron chi connectivity index (χ0n) is 18.2. The number of rotatable bonds is 11. The summed E-state index contributed by atoms with van der Waals surface area (Å²) in [5, 5.41) is 6.71. The quantitative estimate of drug-likeness (QED) is 0.197. The van der Waals surface area contributed by atoms with E-state index in [2.05, 4.69) is 39.9 Å². The summed E-state index contributed by atoms with van der Waals surface area (Å²) < 4.78 is 17.3. The Kier molecular flexibility index (Phi) is 12.7. The molecule has 1 fully saturated rings. The van der Waals surface area contributed by atoms with E-state index < -0.39 is 0 Å². The van der Waals surface area contributed by atoms with Gasteiger partial charge in [-0.2, -0.15) is 0 Å². The van der Waals surface area contributed by atoms with Crippen LogP contribution in [0.1, 0.15) is 49.3 Å². The minimum absolute atomic E-state index is 0. The van der Waals surface area contributed by atoms with Crippen molar-refractivity contribution >= 4 is 29.9 Å². The van der Waals surface area contributed by atoms with Crippen LogP contribution >= 0.6 is 24.0 Å². The number of nitrogens with zero attached hydrogens (tertiary/aromatic N) is 1. The molecule has 2 N–H and O–H groups in total. The van der Waals surface area contributed by atoms with Gasteiger partial charge in [0.1, 0.15) is 0 Å². The summed E-state index contributed by atoms with van der Waals surface area (Å²) >= 11 is 0. The zero-order valence-corrected chi connectivity index (χ0v) is 20.6. The van der Waals surface area contributed by atoms with E-state index in [1.807, 2.05) is 0 Å². The number of aryl methyl sites for hydroxylation is 1. The molecule has 7 heteroatoms. The van der Waals surface area contributed by atoms with Crippen molar-refractivity contribution in [1.29, 1.82) is 0 Å². The summed E-state index contributed by atoms with van der Waals surface area (Å²) in [7, 11) is 1.81. The van der Waals surface area contributed by atoms with E-state index in [0.29, 0.717) is 5.92 Å². The molecule has 0 amide bonds. The Bertz CT molecular complexity index is 623. The van der Waals surface area contributed by atoms with Gasteiger partial charge in [0.05, 0.1) is 19.3 Å². The van der Waals surface area contributed by atoms with E-state index in [1.54, 1.807) is 7.05 Å². The molecule has 1 saturated heterocycles. The highest BCUT2D eigenvalue weighted by molar-refractivity contribution is 14.0.